The van der Waals surface area contributed by atoms with E-state index >= 15 is 0 Å². The minimum absolute atomic E-state index is 0.0564. The van der Waals surface area contributed by atoms with Crippen LogP contribution in [-0.2, 0) is 19.2 Å². The van der Waals surface area contributed by atoms with Crippen LogP contribution < -0.4 is 15.1 Å². The molecule has 4 atom stereocenters. The molecular weight excluding hydrogens is 525 g/mol. The predicted molar refractivity (Wildman–Crippen MR) is 149 cm³/mol. The molecule has 6 rings (SSSR count). The number of benzene rings is 2. The zero-order chi connectivity index (χ0) is 29.2. The number of carbonyl (C=O) groups excluding carboxylic acids is 4. The van der Waals surface area contributed by atoms with Gasteiger partial charge in [-0.05, 0) is 74.0 Å². The largest absolute Gasteiger partial charge is 0.504 e. The number of anilines is 1. The van der Waals surface area contributed by atoms with Gasteiger partial charge in [-0.3, -0.25) is 24.1 Å². The van der Waals surface area contributed by atoms with Gasteiger partial charge in [0.05, 0.1) is 24.1 Å². The summed E-state index contributed by atoms with van der Waals surface area (Å²) in [5.41, 5.74) is 2.84. The summed E-state index contributed by atoms with van der Waals surface area (Å²) in [6.45, 7) is 3.69. The van der Waals surface area contributed by atoms with Crippen LogP contribution in [0.5, 0.6) is 11.5 Å². The maximum Gasteiger partial charge on any atom is 0.488 e. The number of nitrogens with zero attached hydrogens (tertiary/aromatic N) is 1. The van der Waals surface area contributed by atoms with E-state index in [1.54, 1.807) is 38.1 Å². The van der Waals surface area contributed by atoms with E-state index in [4.69, 9.17) is 4.74 Å². The van der Waals surface area contributed by atoms with Gasteiger partial charge in [-0.25, -0.2) is 0 Å². The zero-order valence-corrected chi connectivity index (χ0v) is 22.5. The van der Waals surface area contributed by atoms with Gasteiger partial charge in [0.15, 0.2) is 23.1 Å². The first-order chi connectivity index (χ1) is 19.6. The lowest BCUT2D eigenvalue weighted by molar-refractivity contribution is -0.123. The molecule has 0 bridgehead atoms. The minimum atomic E-state index is -1.76. The third-order valence-electron chi connectivity index (χ3n) is 8.61. The number of hydrogen-bond acceptors (Lipinski definition) is 8. The van der Waals surface area contributed by atoms with Crippen LogP contribution in [-0.4, -0.2) is 52.3 Å². The van der Waals surface area contributed by atoms with E-state index in [0.717, 1.165) is 10.5 Å². The van der Waals surface area contributed by atoms with Gasteiger partial charge in [-0.2, -0.15) is 0 Å². The Labute approximate surface area is 236 Å². The van der Waals surface area contributed by atoms with Crippen molar-refractivity contribution in [3.8, 4) is 11.5 Å². The molecular formula is C31H28BNO8. The van der Waals surface area contributed by atoms with Gasteiger partial charge in [-0.1, -0.05) is 29.8 Å². The molecule has 2 amide bonds. The lowest BCUT2D eigenvalue weighted by Gasteiger charge is -2.42. The topological polar surface area (TPSA) is 141 Å². The summed E-state index contributed by atoms with van der Waals surface area (Å²) in [6.07, 6.45) is 3.68. The Morgan fingerprint density at radius 1 is 1.02 bits per heavy atom. The summed E-state index contributed by atoms with van der Waals surface area (Å²) in [6, 6.07) is 10.8. The Balaban J connectivity index is 1.47. The number of carbonyl (C=O) groups is 4. The average molecular weight is 553 g/mol. The highest BCUT2D eigenvalue weighted by molar-refractivity contribution is 6.58. The molecule has 3 N–H and O–H groups in total. The fourth-order valence-electron chi connectivity index (χ4n) is 6.82. The van der Waals surface area contributed by atoms with Gasteiger partial charge < -0.3 is 19.9 Å². The number of ether oxygens (including phenoxy) is 1. The second kappa shape index (κ2) is 9.97. The number of phenols is 1. The summed E-state index contributed by atoms with van der Waals surface area (Å²) < 4.78 is 5.60. The van der Waals surface area contributed by atoms with Crippen LogP contribution in [0.25, 0.3) is 0 Å². The molecule has 1 aliphatic heterocycles. The number of allylic oxidation sites excluding steroid dienone is 6. The van der Waals surface area contributed by atoms with Crippen molar-refractivity contribution in [3.05, 3.63) is 82.5 Å². The lowest BCUT2D eigenvalue weighted by atomic mass is 9.59. The molecule has 9 nitrogen and oxygen atoms in total. The maximum atomic E-state index is 14.0. The molecule has 2 aromatic rings. The fraction of sp³-hybridized carbons (Fsp3) is 0.290. The minimum Gasteiger partial charge on any atom is -0.504 e. The van der Waals surface area contributed by atoms with Crippen molar-refractivity contribution >= 4 is 41.6 Å². The van der Waals surface area contributed by atoms with Gasteiger partial charge >= 0.3 is 7.12 Å². The lowest BCUT2D eigenvalue weighted by Crippen LogP contribution is -2.40. The Morgan fingerprint density at radius 2 is 1.80 bits per heavy atom. The third-order valence-corrected chi connectivity index (χ3v) is 8.61. The van der Waals surface area contributed by atoms with Crippen molar-refractivity contribution in [2.45, 2.75) is 32.6 Å². The van der Waals surface area contributed by atoms with E-state index in [1.165, 1.54) is 24.3 Å². The Kier molecular flexibility index (Phi) is 6.55. The third kappa shape index (κ3) is 4.17. The number of Topliss-reactive ketones (excluding diaryl/α,β-unsaturated/α-hetero) is 1. The van der Waals surface area contributed by atoms with Crippen LogP contribution >= 0.6 is 0 Å². The smallest absolute Gasteiger partial charge is 0.488 e. The van der Waals surface area contributed by atoms with E-state index in [0.29, 0.717) is 28.9 Å². The van der Waals surface area contributed by atoms with E-state index < -0.39 is 36.7 Å². The zero-order valence-electron chi connectivity index (χ0n) is 22.5. The van der Waals surface area contributed by atoms with Gasteiger partial charge in [0.2, 0.25) is 11.8 Å². The second-order valence-electron chi connectivity index (χ2n) is 10.9. The highest BCUT2D eigenvalue weighted by Crippen LogP contribution is 2.55. The molecule has 208 valence electrons. The summed E-state index contributed by atoms with van der Waals surface area (Å²) in [5, 5.41) is 29.6. The molecule has 10 heteroatoms. The average Bonchev–Trinajstić information content (AvgIpc) is 3.21. The van der Waals surface area contributed by atoms with E-state index in [1.807, 2.05) is 6.08 Å². The second-order valence-corrected chi connectivity index (χ2v) is 10.9. The summed E-state index contributed by atoms with van der Waals surface area (Å²) in [5.74, 6) is -3.75. The van der Waals surface area contributed by atoms with Crippen LogP contribution in [0.3, 0.4) is 0 Å². The van der Waals surface area contributed by atoms with Crippen molar-refractivity contribution in [1.82, 2.24) is 0 Å². The Bertz CT molecular complexity index is 1620. The first-order valence-corrected chi connectivity index (χ1v) is 13.6. The summed E-state index contributed by atoms with van der Waals surface area (Å²) in [4.78, 5) is 55.6. The highest BCUT2D eigenvalue weighted by Gasteiger charge is 2.56. The van der Waals surface area contributed by atoms with Crippen molar-refractivity contribution in [3.63, 3.8) is 0 Å². The number of hydrogen-bond donors (Lipinski definition) is 3. The normalized spacial score (nSPS) is 25.4. The van der Waals surface area contributed by atoms with E-state index in [-0.39, 0.29) is 53.0 Å². The maximum absolute atomic E-state index is 14.0. The van der Waals surface area contributed by atoms with E-state index in [2.05, 4.69) is 0 Å². The van der Waals surface area contributed by atoms with E-state index in [9.17, 15) is 34.3 Å². The van der Waals surface area contributed by atoms with Crippen molar-refractivity contribution in [2.75, 3.05) is 11.5 Å². The predicted octanol–water partition coefficient (Wildman–Crippen LogP) is 2.10. The van der Waals surface area contributed by atoms with Gasteiger partial charge in [-0.15, -0.1) is 0 Å². The van der Waals surface area contributed by atoms with Gasteiger partial charge in [0.1, 0.15) is 0 Å². The van der Waals surface area contributed by atoms with Crippen LogP contribution in [0.1, 0.15) is 38.2 Å². The van der Waals surface area contributed by atoms with Crippen molar-refractivity contribution < 1.29 is 39.1 Å². The molecule has 3 aliphatic carbocycles. The molecule has 1 saturated heterocycles. The fourth-order valence-corrected chi connectivity index (χ4v) is 6.82. The van der Waals surface area contributed by atoms with Crippen LogP contribution in [0.2, 0.25) is 0 Å². The quantitative estimate of drug-likeness (QED) is 0.221. The van der Waals surface area contributed by atoms with Crippen LogP contribution in [0.4, 0.5) is 5.69 Å². The Hall–Kier alpha value is -4.28. The number of ketones is 2. The van der Waals surface area contributed by atoms with Gasteiger partial charge in [0, 0.05) is 22.6 Å². The molecule has 0 radical (unpaired) electrons. The first-order valence-electron chi connectivity index (χ1n) is 13.6. The molecule has 4 unspecified atom stereocenters. The number of imide groups is 1. The molecule has 2 aromatic carbocycles. The molecule has 4 aliphatic rings. The van der Waals surface area contributed by atoms with Crippen LogP contribution in [0, 0.1) is 17.8 Å². The number of rotatable bonds is 5. The molecule has 1 heterocycles. The van der Waals surface area contributed by atoms with Crippen molar-refractivity contribution in [2.24, 2.45) is 17.8 Å². The number of amides is 2. The summed E-state index contributed by atoms with van der Waals surface area (Å²) in [7, 11) is -1.76. The van der Waals surface area contributed by atoms with Crippen molar-refractivity contribution in [1.29, 1.82) is 0 Å². The molecule has 0 saturated carbocycles. The SMILES string of the molecule is CCOc1cc(C2C3=CCC4C(=O)N(c5cccc(B(O)O)c5)C(=O)C4C3CC3=C2C(=O)C=C(C)C3=O)ccc1O. The molecule has 1 fully saturated rings. The molecule has 0 spiro atoms. The monoisotopic (exact) mass is 553 g/mol. The first kappa shape index (κ1) is 26.9. The molecule has 0 aromatic heterocycles. The van der Waals surface area contributed by atoms with Crippen LogP contribution in [0.15, 0.2) is 76.9 Å². The Morgan fingerprint density at radius 3 is 2.54 bits per heavy atom. The standard InChI is InChI=1S/C31H28BNO8/c1-3-41-25-12-16(7-10-23(25)34)26-19-8-9-20-27(21(19)14-22-28(26)24(35)11-15(2)29(22)36)31(38)33(30(20)37)18-6-4-5-17(13-18)32(39)40/h4-8,10-13,20-21,26-27,34,39-40H,3,9,14H2,1-2H3. The van der Waals surface area contributed by atoms with Gasteiger partial charge in [0.25, 0.3) is 0 Å². The molecule has 41 heavy (non-hydrogen) atoms. The number of aromatic hydroxyl groups is 1. The highest BCUT2D eigenvalue weighted by atomic mass is 16.5. The number of fused-ring (bicyclic) bond motifs is 3. The number of phenolic OH excluding ortho intramolecular Hbond substituents is 1. The summed E-state index contributed by atoms with van der Waals surface area (Å²) >= 11 is 0.